The Kier molecular flexibility index (Phi) is 10.2. The summed E-state index contributed by atoms with van der Waals surface area (Å²) in [5, 5.41) is 0. The molecule has 1 unspecified atom stereocenters. The highest BCUT2D eigenvalue weighted by atomic mass is 35.5. The van der Waals surface area contributed by atoms with E-state index in [0.29, 0.717) is 39.3 Å². The number of halogens is 2. The van der Waals surface area contributed by atoms with Crippen LogP contribution in [0.3, 0.4) is 0 Å². The molecule has 2 fully saturated rings. The molecule has 10 heteroatoms. The van der Waals surface area contributed by atoms with E-state index in [2.05, 4.69) is 11.0 Å². The van der Waals surface area contributed by atoms with Crippen LogP contribution in [0.5, 0.6) is 0 Å². The SMILES string of the molecule is Cc1cccc(N2CCN(S(=O)(=O)CC(=O)N3CCCCC3CN)CC2)c1.Cl.Cl. The number of piperazine rings is 1. The highest BCUT2D eigenvalue weighted by Crippen LogP contribution is 2.20. The van der Waals surface area contributed by atoms with Gasteiger partial charge in [-0.05, 0) is 43.9 Å². The molecule has 2 saturated heterocycles. The number of carbonyl (C=O) groups excluding carboxylic acids is 1. The molecule has 2 aliphatic heterocycles. The Morgan fingerprint density at radius 1 is 1.10 bits per heavy atom. The normalized spacial score (nSPS) is 20.6. The topological polar surface area (TPSA) is 87.0 Å². The average molecular weight is 467 g/mol. The molecule has 3 rings (SSSR count). The lowest BCUT2D eigenvalue weighted by Crippen LogP contribution is -2.53. The molecule has 0 aliphatic carbocycles. The summed E-state index contributed by atoms with van der Waals surface area (Å²) in [5.41, 5.74) is 8.06. The van der Waals surface area contributed by atoms with Crippen LogP contribution in [-0.2, 0) is 14.8 Å². The summed E-state index contributed by atoms with van der Waals surface area (Å²) in [7, 11) is -3.60. The fraction of sp³-hybridized carbons (Fsp3) is 0.632. The quantitative estimate of drug-likeness (QED) is 0.712. The summed E-state index contributed by atoms with van der Waals surface area (Å²) in [6.07, 6.45) is 2.81. The maximum Gasteiger partial charge on any atom is 0.239 e. The lowest BCUT2D eigenvalue weighted by molar-refractivity contribution is -0.131. The Labute approximate surface area is 186 Å². The zero-order chi connectivity index (χ0) is 19.4. The Morgan fingerprint density at radius 2 is 1.79 bits per heavy atom. The number of anilines is 1. The van der Waals surface area contributed by atoms with E-state index in [1.54, 1.807) is 4.90 Å². The fourth-order valence-electron chi connectivity index (χ4n) is 3.95. The number of hydrogen-bond acceptors (Lipinski definition) is 5. The predicted octanol–water partition coefficient (Wildman–Crippen LogP) is 1.63. The number of nitrogens with two attached hydrogens (primary N) is 1. The highest BCUT2D eigenvalue weighted by molar-refractivity contribution is 7.89. The maximum absolute atomic E-state index is 12.8. The molecule has 166 valence electrons. The maximum atomic E-state index is 12.8. The van der Waals surface area contributed by atoms with Crippen LogP contribution in [0.15, 0.2) is 24.3 Å². The molecule has 1 atom stereocenters. The molecule has 0 spiro atoms. The van der Waals surface area contributed by atoms with Crippen LogP contribution in [-0.4, -0.2) is 74.6 Å². The first-order valence-electron chi connectivity index (χ1n) is 9.69. The van der Waals surface area contributed by atoms with Gasteiger partial charge in [0.2, 0.25) is 15.9 Å². The van der Waals surface area contributed by atoms with Gasteiger partial charge in [-0.2, -0.15) is 4.31 Å². The zero-order valence-electron chi connectivity index (χ0n) is 16.8. The largest absolute Gasteiger partial charge is 0.369 e. The van der Waals surface area contributed by atoms with Crippen molar-refractivity contribution < 1.29 is 13.2 Å². The third-order valence-corrected chi connectivity index (χ3v) is 7.29. The van der Waals surface area contributed by atoms with E-state index in [1.807, 2.05) is 25.1 Å². The highest BCUT2D eigenvalue weighted by Gasteiger charge is 2.33. The second-order valence-corrected chi connectivity index (χ2v) is 9.42. The molecule has 1 aromatic rings. The first-order chi connectivity index (χ1) is 12.9. The van der Waals surface area contributed by atoms with Crippen molar-refractivity contribution in [3.05, 3.63) is 29.8 Å². The number of benzene rings is 1. The van der Waals surface area contributed by atoms with Crippen molar-refractivity contribution in [2.75, 3.05) is 49.9 Å². The van der Waals surface area contributed by atoms with Crippen molar-refractivity contribution in [3.63, 3.8) is 0 Å². The molecule has 2 N–H and O–H groups in total. The summed E-state index contributed by atoms with van der Waals surface area (Å²) in [5.74, 6) is -0.764. The van der Waals surface area contributed by atoms with Crippen LogP contribution in [0.25, 0.3) is 0 Å². The number of aryl methyl sites for hydroxylation is 1. The van der Waals surface area contributed by atoms with Crippen LogP contribution >= 0.6 is 24.8 Å². The first-order valence-corrected chi connectivity index (χ1v) is 11.3. The average Bonchev–Trinajstić information content (AvgIpc) is 2.67. The summed E-state index contributed by atoms with van der Waals surface area (Å²) >= 11 is 0. The van der Waals surface area contributed by atoms with Gasteiger partial charge in [-0.25, -0.2) is 8.42 Å². The van der Waals surface area contributed by atoms with Crippen LogP contribution in [0.1, 0.15) is 24.8 Å². The minimum atomic E-state index is -3.60. The van der Waals surface area contributed by atoms with Crippen molar-refractivity contribution in [2.24, 2.45) is 5.73 Å². The lowest BCUT2D eigenvalue weighted by atomic mass is 10.0. The number of likely N-dealkylation sites (tertiary alicyclic amines) is 1. The predicted molar refractivity (Wildman–Crippen MR) is 122 cm³/mol. The number of amides is 1. The van der Waals surface area contributed by atoms with Crippen molar-refractivity contribution in [1.82, 2.24) is 9.21 Å². The zero-order valence-corrected chi connectivity index (χ0v) is 19.3. The van der Waals surface area contributed by atoms with E-state index in [4.69, 9.17) is 5.73 Å². The van der Waals surface area contributed by atoms with Crippen molar-refractivity contribution in [2.45, 2.75) is 32.2 Å². The number of piperidine rings is 1. The van der Waals surface area contributed by atoms with Crippen LogP contribution < -0.4 is 10.6 Å². The Balaban J connectivity index is 0.00000210. The molecular formula is C19H32Cl2N4O3S. The minimum Gasteiger partial charge on any atom is -0.369 e. The molecule has 29 heavy (non-hydrogen) atoms. The van der Waals surface area contributed by atoms with Crippen molar-refractivity contribution in [1.29, 1.82) is 0 Å². The van der Waals surface area contributed by atoms with Gasteiger partial charge in [0.05, 0.1) is 0 Å². The van der Waals surface area contributed by atoms with Gasteiger partial charge in [0.15, 0.2) is 0 Å². The molecule has 1 aromatic carbocycles. The van der Waals surface area contributed by atoms with Crippen molar-refractivity contribution in [3.8, 4) is 0 Å². The monoisotopic (exact) mass is 466 g/mol. The molecule has 2 aliphatic rings. The van der Waals surface area contributed by atoms with Gasteiger partial charge in [-0.3, -0.25) is 4.79 Å². The van der Waals surface area contributed by atoms with Crippen LogP contribution in [0.4, 0.5) is 5.69 Å². The number of carbonyl (C=O) groups is 1. The third kappa shape index (κ3) is 6.46. The summed E-state index contributed by atoms with van der Waals surface area (Å²) in [6.45, 7) is 5.12. The fourth-order valence-corrected chi connectivity index (χ4v) is 5.33. The van der Waals surface area contributed by atoms with Gasteiger partial charge in [-0.1, -0.05) is 12.1 Å². The number of nitrogens with zero attached hydrogens (tertiary/aromatic N) is 3. The third-order valence-electron chi connectivity index (χ3n) is 5.52. The molecular weight excluding hydrogens is 435 g/mol. The molecule has 1 amide bonds. The number of sulfonamides is 1. The van der Waals surface area contributed by atoms with Crippen molar-refractivity contribution >= 4 is 46.4 Å². The standard InChI is InChI=1S/C19H30N4O3S.2ClH/c1-16-5-4-7-17(13-16)21-9-11-22(12-10-21)27(25,26)15-19(24)23-8-3-2-6-18(23)14-20;;/h4-5,7,13,18H,2-3,6,8-12,14-15,20H2,1H3;2*1H. The summed E-state index contributed by atoms with van der Waals surface area (Å²) in [4.78, 5) is 16.5. The van der Waals surface area contributed by atoms with E-state index >= 15 is 0 Å². The molecule has 0 radical (unpaired) electrons. The van der Waals surface area contributed by atoms with Gasteiger partial charge in [0.25, 0.3) is 0 Å². The van der Waals surface area contributed by atoms with Crippen LogP contribution in [0, 0.1) is 6.92 Å². The van der Waals surface area contributed by atoms with Gasteiger partial charge in [-0.15, -0.1) is 24.8 Å². The Bertz CT molecular complexity index is 770. The van der Waals surface area contributed by atoms with E-state index in [-0.39, 0.29) is 36.8 Å². The number of hydrogen-bond donors (Lipinski definition) is 1. The van der Waals surface area contributed by atoms with Gasteiger partial charge >= 0.3 is 0 Å². The molecule has 0 aromatic heterocycles. The number of rotatable bonds is 5. The Morgan fingerprint density at radius 3 is 2.41 bits per heavy atom. The molecule has 2 heterocycles. The smallest absolute Gasteiger partial charge is 0.239 e. The van der Waals surface area contributed by atoms with E-state index < -0.39 is 15.8 Å². The van der Waals surface area contributed by atoms with Gasteiger partial charge < -0.3 is 15.5 Å². The summed E-state index contributed by atoms with van der Waals surface area (Å²) < 4.78 is 27.0. The van der Waals surface area contributed by atoms with E-state index in [9.17, 15) is 13.2 Å². The van der Waals surface area contributed by atoms with Gasteiger partial charge in [0, 0.05) is 51.0 Å². The molecule has 7 nitrogen and oxygen atoms in total. The molecule has 0 bridgehead atoms. The van der Waals surface area contributed by atoms with Crippen LogP contribution in [0.2, 0.25) is 0 Å². The first kappa shape index (κ1) is 26.0. The lowest BCUT2D eigenvalue weighted by Gasteiger charge is -2.37. The second-order valence-electron chi connectivity index (χ2n) is 7.45. The van der Waals surface area contributed by atoms with E-state index in [1.165, 1.54) is 9.87 Å². The second kappa shape index (κ2) is 11.4. The summed E-state index contributed by atoms with van der Waals surface area (Å²) in [6, 6.07) is 8.19. The minimum absolute atomic E-state index is 0. The van der Waals surface area contributed by atoms with E-state index in [0.717, 1.165) is 24.9 Å². The molecule has 0 saturated carbocycles. The Hall–Kier alpha value is -1.06. The van der Waals surface area contributed by atoms with Gasteiger partial charge in [0.1, 0.15) is 5.75 Å².